The summed E-state index contributed by atoms with van der Waals surface area (Å²) in [5.74, 6) is -0.973. The molecule has 0 saturated heterocycles. The second-order valence-electron chi connectivity index (χ2n) is 4.88. The Bertz CT molecular complexity index is 841. The van der Waals surface area contributed by atoms with E-state index in [1.165, 1.54) is 17.4 Å². The van der Waals surface area contributed by atoms with Gasteiger partial charge in [0.2, 0.25) is 0 Å². The average Bonchev–Trinajstić information content (AvgIpc) is 2.83. The van der Waals surface area contributed by atoms with E-state index in [-0.39, 0.29) is 5.56 Å². The van der Waals surface area contributed by atoms with Gasteiger partial charge in [-0.3, -0.25) is 10.1 Å². The van der Waals surface area contributed by atoms with E-state index in [1.54, 1.807) is 19.1 Å². The van der Waals surface area contributed by atoms with Crippen LogP contribution in [0.4, 0.5) is 9.52 Å². The third-order valence-corrected chi connectivity index (χ3v) is 4.13. The Morgan fingerprint density at radius 3 is 2.86 bits per heavy atom. The Labute approximate surface area is 125 Å². The maximum atomic E-state index is 13.9. The monoisotopic (exact) mass is 300 g/mol. The zero-order valence-electron chi connectivity index (χ0n) is 11.6. The number of anilines is 1. The summed E-state index contributed by atoms with van der Waals surface area (Å²) < 4.78 is 14.9. The minimum absolute atomic E-state index is 0.0328. The molecule has 2 aromatic carbocycles. The van der Waals surface area contributed by atoms with Crippen molar-refractivity contribution < 1.29 is 9.18 Å². The molecule has 0 radical (unpaired) electrons. The van der Waals surface area contributed by atoms with Gasteiger partial charge in [0.05, 0.1) is 15.8 Å². The lowest BCUT2D eigenvalue weighted by molar-refractivity contribution is 0.102. The summed E-state index contributed by atoms with van der Waals surface area (Å²) in [6.45, 7) is 3.63. The molecule has 0 aliphatic carbocycles. The first-order valence-corrected chi connectivity index (χ1v) is 7.30. The van der Waals surface area contributed by atoms with Gasteiger partial charge in [0, 0.05) is 0 Å². The normalized spacial score (nSPS) is 10.8. The van der Waals surface area contributed by atoms with Crippen molar-refractivity contribution in [2.75, 3.05) is 5.32 Å². The lowest BCUT2D eigenvalue weighted by Crippen LogP contribution is -2.14. The first kappa shape index (κ1) is 13.7. The van der Waals surface area contributed by atoms with E-state index in [9.17, 15) is 9.18 Å². The second kappa shape index (κ2) is 5.26. The molecule has 0 spiro atoms. The van der Waals surface area contributed by atoms with Crippen LogP contribution in [0.15, 0.2) is 36.4 Å². The largest absolute Gasteiger partial charge is 0.298 e. The summed E-state index contributed by atoms with van der Waals surface area (Å²) in [4.78, 5) is 16.5. The van der Waals surface area contributed by atoms with Gasteiger partial charge < -0.3 is 0 Å². The predicted octanol–water partition coefficient (Wildman–Crippen LogP) is 4.30. The molecule has 1 N–H and O–H groups in total. The van der Waals surface area contributed by atoms with Gasteiger partial charge in [-0.25, -0.2) is 9.37 Å². The van der Waals surface area contributed by atoms with Crippen molar-refractivity contribution in [3.05, 3.63) is 58.9 Å². The molecular weight excluding hydrogens is 287 g/mol. The summed E-state index contributed by atoms with van der Waals surface area (Å²) in [6.07, 6.45) is 0. The Balaban J connectivity index is 1.91. The fraction of sp³-hybridized carbons (Fsp3) is 0.125. The fourth-order valence-corrected chi connectivity index (χ4v) is 3.03. The maximum absolute atomic E-state index is 13.9. The molecule has 0 saturated carbocycles. The summed E-state index contributed by atoms with van der Waals surface area (Å²) in [5.41, 5.74) is 2.44. The van der Waals surface area contributed by atoms with E-state index >= 15 is 0 Å². The molecule has 3 aromatic rings. The maximum Gasteiger partial charge on any atom is 0.260 e. The predicted molar refractivity (Wildman–Crippen MR) is 83.4 cm³/mol. The quantitative estimate of drug-likeness (QED) is 0.766. The van der Waals surface area contributed by atoms with Crippen molar-refractivity contribution in [1.82, 2.24) is 4.98 Å². The van der Waals surface area contributed by atoms with E-state index in [0.717, 1.165) is 15.8 Å². The molecule has 3 rings (SSSR count). The Morgan fingerprint density at radius 2 is 2.05 bits per heavy atom. The highest BCUT2D eigenvalue weighted by Gasteiger charge is 2.15. The number of carbonyl (C=O) groups is 1. The number of nitrogens with zero attached hydrogens (tertiary/aromatic N) is 1. The Morgan fingerprint density at radius 1 is 1.24 bits per heavy atom. The number of fused-ring (bicyclic) bond motifs is 1. The van der Waals surface area contributed by atoms with Crippen LogP contribution in [-0.4, -0.2) is 10.9 Å². The average molecular weight is 300 g/mol. The summed E-state index contributed by atoms with van der Waals surface area (Å²) in [7, 11) is 0. The highest BCUT2D eigenvalue weighted by Crippen LogP contribution is 2.27. The zero-order chi connectivity index (χ0) is 15.0. The first-order chi connectivity index (χ1) is 10.0. The van der Waals surface area contributed by atoms with Gasteiger partial charge in [0.15, 0.2) is 5.13 Å². The highest BCUT2D eigenvalue weighted by atomic mass is 32.1. The van der Waals surface area contributed by atoms with Crippen molar-refractivity contribution in [3.63, 3.8) is 0 Å². The first-order valence-electron chi connectivity index (χ1n) is 6.48. The number of carbonyl (C=O) groups excluding carboxylic acids is 1. The molecule has 1 aromatic heterocycles. The molecule has 0 aliphatic rings. The smallest absolute Gasteiger partial charge is 0.260 e. The Hall–Kier alpha value is -2.27. The van der Waals surface area contributed by atoms with Crippen LogP contribution in [0, 0.1) is 19.7 Å². The molecule has 0 atom stereocenters. The van der Waals surface area contributed by atoms with Gasteiger partial charge in [-0.15, -0.1) is 0 Å². The van der Waals surface area contributed by atoms with E-state index in [4.69, 9.17) is 0 Å². The summed E-state index contributed by atoms with van der Waals surface area (Å²) in [5, 5.41) is 3.14. The third kappa shape index (κ3) is 2.64. The van der Waals surface area contributed by atoms with Crippen LogP contribution in [0.5, 0.6) is 0 Å². The van der Waals surface area contributed by atoms with E-state index in [2.05, 4.69) is 10.3 Å². The van der Waals surface area contributed by atoms with Crippen LogP contribution in [0.1, 0.15) is 21.5 Å². The number of hydrogen-bond donors (Lipinski definition) is 1. The zero-order valence-corrected chi connectivity index (χ0v) is 12.4. The molecule has 0 fully saturated rings. The molecular formula is C16H13FN2OS. The number of aryl methyl sites for hydroxylation is 2. The number of benzene rings is 2. The van der Waals surface area contributed by atoms with Crippen LogP contribution in [0.2, 0.25) is 0 Å². The highest BCUT2D eigenvalue weighted by molar-refractivity contribution is 7.22. The molecule has 1 amide bonds. The van der Waals surface area contributed by atoms with Crippen molar-refractivity contribution in [3.8, 4) is 0 Å². The van der Waals surface area contributed by atoms with Crippen molar-refractivity contribution in [2.24, 2.45) is 0 Å². The van der Waals surface area contributed by atoms with Gasteiger partial charge in [-0.2, -0.15) is 0 Å². The SMILES string of the molecule is Cc1ccc2nc(NC(=O)c3cccc(C)c3F)sc2c1. The third-order valence-electron chi connectivity index (χ3n) is 3.20. The lowest BCUT2D eigenvalue weighted by atomic mass is 10.1. The molecule has 0 unspecified atom stereocenters. The minimum Gasteiger partial charge on any atom is -0.298 e. The molecule has 106 valence electrons. The topological polar surface area (TPSA) is 42.0 Å². The van der Waals surface area contributed by atoms with E-state index < -0.39 is 11.7 Å². The molecule has 0 aliphatic heterocycles. The second-order valence-corrected chi connectivity index (χ2v) is 5.91. The van der Waals surface area contributed by atoms with Crippen LogP contribution >= 0.6 is 11.3 Å². The number of nitrogens with one attached hydrogen (secondary N) is 1. The summed E-state index contributed by atoms with van der Waals surface area (Å²) in [6, 6.07) is 10.6. The van der Waals surface area contributed by atoms with Crippen molar-refractivity contribution >= 4 is 32.6 Å². The molecule has 21 heavy (non-hydrogen) atoms. The van der Waals surface area contributed by atoms with E-state index in [0.29, 0.717) is 10.7 Å². The van der Waals surface area contributed by atoms with Crippen LogP contribution in [0.25, 0.3) is 10.2 Å². The van der Waals surface area contributed by atoms with Gasteiger partial charge in [0.25, 0.3) is 5.91 Å². The fourth-order valence-electron chi connectivity index (χ4n) is 2.07. The molecule has 0 bridgehead atoms. The Kier molecular flexibility index (Phi) is 3.43. The number of halogens is 1. The van der Waals surface area contributed by atoms with Gasteiger partial charge in [-0.1, -0.05) is 29.5 Å². The van der Waals surface area contributed by atoms with Gasteiger partial charge >= 0.3 is 0 Å². The standard InChI is InChI=1S/C16H13FN2OS/c1-9-6-7-12-13(8-9)21-16(18-12)19-15(20)11-5-3-4-10(2)14(11)17/h3-8H,1-2H3,(H,18,19,20). The van der Waals surface area contributed by atoms with Crippen LogP contribution in [0.3, 0.4) is 0 Å². The van der Waals surface area contributed by atoms with Gasteiger partial charge in [0.1, 0.15) is 5.82 Å². The number of amides is 1. The lowest BCUT2D eigenvalue weighted by Gasteiger charge is -2.04. The minimum atomic E-state index is -0.494. The van der Waals surface area contributed by atoms with E-state index in [1.807, 2.05) is 25.1 Å². The number of rotatable bonds is 2. The number of thiazole rings is 1. The van der Waals surface area contributed by atoms with Crippen molar-refractivity contribution in [1.29, 1.82) is 0 Å². The molecule has 3 nitrogen and oxygen atoms in total. The van der Waals surface area contributed by atoms with Gasteiger partial charge in [-0.05, 0) is 43.2 Å². The van der Waals surface area contributed by atoms with Crippen molar-refractivity contribution in [2.45, 2.75) is 13.8 Å². The molecule has 1 heterocycles. The number of aromatic nitrogens is 1. The number of hydrogen-bond acceptors (Lipinski definition) is 3. The summed E-state index contributed by atoms with van der Waals surface area (Å²) >= 11 is 1.38. The van der Waals surface area contributed by atoms with Crippen LogP contribution in [-0.2, 0) is 0 Å². The van der Waals surface area contributed by atoms with Crippen LogP contribution < -0.4 is 5.32 Å². The molecule has 5 heteroatoms.